The Balaban J connectivity index is 0.000000172. The maximum absolute atomic E-state index is 14.7. The summed E-state index contributed by atoms with van der Waals surface area (Å²) in [6.07, 6.45) is 8.10. The molecular weight excluding hydrogens is 1110 g/mol. The number of hydrogen-bond acceptors (Lipinski definition) is 14. The van der Waals surface area contributed by atoms with Crippen molar-refractivity contribution in [3.63, 3.8) is 0 Å². The Labute approximate surface area is 475 Å². The number of rotatable bonds is 8. The molecule has 26 heteroatoms. The predicted molar refractivity (Wildman–Crippen MR) is 290 cm³/mol. The first kappa shape index (κ1) is 55.6. The average Bonchev–Trinajstić information content (AvgIpc) is 4.28. The highest BCUT2D eigenvalue weighted by Crippen LogP contribution is 2.44. The molecule has 2 aromatic carbocycles. The average molecular weight is 1170 g/mol. The quantitative estimate of drug-likeness (QED) is 0.105. The number of fused-ring (bicyclic) bond motifs is 4. The molecule has 20 nitrogen and oxygen atoms in total. The second-order valence-electron chi connectivity index (χ2n) is 20.9. The van der Waals surface area contributed by atoms with Crippen LogP contribution >= 0.6 is 22.7 Å². The zero-order chi connectivity index (χ0) is 57.1. The third-order valence-electron chi connectivity index (χ3n) is 16.1. The van der Waals surface area contributed by atoms with Crippen molar-refractivity contribution in [2.45, 2.75) is 99.6 Å². The lowest BCUT2D eigenvalue weighted by atomic mass is 9.83. The topological polar surface area (TPSA) is 234 Å². The van der Waals surface area contributed by atoms with Crippen molar-refractivity contribution in [1.29, 1.82) is 0 Å². The number of amides is 8. The Hall–Kier alpha value is -8.26. The fourth-order valence-corrected chi connectivity index (χ4v) is 13.1. The van der Waals surface area contributed by atoms with Gasteiger partial charge in [0.25, 0.3) is 0 Å². The van der Waals surface area contributed by atoms with E-state index in [4.69, 9.17) is 9.47 Å². The van der Waals surface area contributed by atoms with Gasteiger partial charge in [-0.2, -0.15) is 0 Å². The highest BCUT2D eigenvalue weighted by Gasteiger charge is 2.48. The van der Waals surface area contributed by atoms with E-state index in [0.29, 0.717) is 86.4 Å². The number of pyridine rings is 2. The van der Waals surface area contributed by atoms with Crippen molar-refractivity contribution in [2.24, 2.45) is 0 Å². The number of urea groups is 2. The number of carbonyl (C=O) groups excluding carboxylic acids is 6. The maximum atomic E-state index is 14.7. The first-order valence-corrected chi connectivity index (χ1v) is 28.7. The van der Waals surface area contributed by atoms with Crippen LogP contribution in [0.1, 0.15) is 95.5 Å². The van der Waals surface area contributed by atoms with Gasteiger partial charge in [-0.15, -0.1) is 22.7 Å². The highest BCUT2D eigenvalue weighted by molar-refractivity contribution is 7.09. The van der Waals surface area contributed by atoms with Gasteiger partial charge in [0.1, 0.15) is 44.9 Å². The van der Waals surface area contributed by atoms with Crippen LogP contribution in [0.3, 0.4) is 0 Å². The Morgan fingerprint density at radius 3 is 1.37 bits per heavy atom. The molecule has 12 rings (SSSR count). The molecule has 6 aliphatic rings. The minimum atomic E-state index is -0.935. The molecule has 0 unspecified atom stereocenters. The summed E-state index contributed by atoms with van der Waals surface area (Å²) in [6.45, 7) is 1.95. The van der Waals surface area contributed by atoms with Crippen molar-refractivity contribution in [3.8, 4) is 0 Å². The van der Waals surface area contributed by atoms with Crippen LogP contribution in [-0.2, 0) is 43.4 Å². The SMILES string of the molecule is O=C1Nc2ncccc2C2(CCN(C(=O)N[C@@H]3CC[C@@H](c4cccc(F)c4F)CN(Cc4nccs4)C3=O)CC2)O1.O=C1Nc2ncccc2C2(CCN(C(=O)N[C@@H]3CC[C@@H](c4cccc(F)c4F)CN(Cc4nccs4)C3=O)CC2)O1. The molecule has 82 heavy (non-hydrogen) atoms. The van der Waals surface area contributed by atoms with Gasteiger partial charge in [-0.25, -0.2) is 56.7 Å². The number of likely N-dealkylation sites (tertiary alicyclic amines) is 4. The number of halogens is 4. The molecule has 4 aromatic heterocycles. The van der Waals surface area contributed by atoms with Crippen molar-refractivity contribution >= 4 is 70.4 Å². The third-order valence-corrected chi connectivity index (χ3v) is 17.6. The van der Waals surface area contributed by atoms with E-state index in [9.17, 15) is 46.3 Å². The molecule has 0 aliphatic carbocycles. The first-order chi connectivity index (χ1) is 39.7. The van der Waals surface area contributed by atoms with Gasteiger partial charge in [-0.3, -0.25) is 20.2 Å². The number of ether oxygens (including phenoxy) is 2. The molecule has 4 atom stereocenters. The van der Waals surface area contributed by atoms with Gasteiger partial charge >= 0.3 is 24.2 Å². The molecule has 4 fully saturated rings. The summed E-state index contributed by atoms with van der Waals surface area (Å²) in [5.74, 6) is -4.29. The fourth-order valence-electron chi connectivity index (χ4n) is 11.9. The van der Waals surface area contributed by atoms with Crippen LogP contribution in [0.25, 0.3) is 0 Å². The summed E-state index contributed by atoms with van der Waals surface area (Å²) in [7, 11) is 0. The number of benzene rings is 2. The summed E-state index contributed by atoms with van der Waals surface area (Å²) in [5.41, 5.74) is 0.198. The number of nitrogens with one attached hydrogen (secondary N) is 4. The molecule has 428 valence electrons. The second-order valence-corrected chi connectivity index (χ2v) is 22.9. The Kier molecular flexibility index (Phi) is 16.1. The minimum absolute atomic E-state index is 0.171. The summed E-state index contributed by atoms with van der Waals surface area (Å²) < 4.78 is 69.0. The monoisotopic (exact) mass is 1160 g/mol. The van der Waals surface area contributed by atoms with E-state index in [0.717, 1.165) is 23.3 Å². The van der Waals surface area contributed by atoms with Crippen molar-refractivity contribution in [2.75, 3.05) is 49.9 Å². The number of anilines is 2. The van der Waals surface area contributed by atoms with Crippen LogP contribution in [0.15, 0.2) is 96.2 Å². The van der Waals surface area contributed by atoms with E-state index in [1.165, 1.54) is 34.8 Å². The Morgan fingerprint density at radius 2 is 0.976 bits per heavy atom. The Morgan fingerprint density at radius 1 is 0.561 bits per heavy atom. The lowest BCUT2D eigenvalue weighted by Crippen LogP contribution is -2.55. The molecule has 0 bridgehead atoms. The van der Waals surface area contributed by atoms with E-state index in [2.05, 4.69) is 41.2 Å². The standard InChI is InChI=1S/2C28H28F2N6O4S/c2*29-20-5-1-3-18(23(20)30)17-6-7-21(25(37)36(15-17)16-22-31-11-14-41-22)33-26(38)35-12-8-28(9-13-35)19-4-2-10-32-24(19)34-27(39)40-28/h2*1-5,10-11,14,17,21H,6-9,12-13,15-16H2,(H,33,38)(H,32,34,39)/t2*17-,21-/m11/s1. The fraction of sp³-hybridized carbons (Fsp3) is 0.393. The molecule has 2 spiro atoms. The molecular formula is C56H56F4N12O8S2. The van der Waals surface area contributed by atoms with Gasteiger partial charge in [-0.1, -0.05) is 24.3 Å². The molecule has 8 amide bonds. The number of nitrogens with zero attached hydrogens (tertiary/aromatic N) is 8. The smallest absolute Gasteiger partial charge is 0.413 e. The molecule has 4 saturated heterocycles. The normalized spacial score (nSPS) is 22.0. The maximum Gasteiger partial charge on any atom is 0.413 e. The van der Waals surface area contributed by atoms with Crippen LogP contribution in [0.4, 0.5) is 48.4 Å². The molecule has 10 heterocycles. The van der Waals surface area contributed by atoms with Crippen LogP contribution in [-0.4, -0.2) is 127 Å². The van der Waals surface area contributed by atoms with Gasteiger partial charge in [0.2, 0.25) is 11.8 Å². The first-order valence-electron chi connectivity index (χ1n) is 26.9. The van der Waals surface area contributed by atoms with Gasteiger partial charge in [0.15, 0.2) is 23.3 Å². The van der Waals surface area contributed by atoms with E-state index in [-0.39, 0.29) is 62.0 Å². The van der Waals surface area contributed by atoms with Crippen LogP contribution in [0.2, 0.25) is 0 Å². The van der Waals surface area contributed by atoms with Crippen molar-refractivity contribution in [1.82, 2.24) is 50.2 Å². The molecule has 6 aliphatic heterocycles. The lowest BCUT2D eigenvalue weighted by molar-refractivity contribution is -0.134. The molecule has 6 aromatic rings. The second kappa shape index (κ2) is 23.7. The minimum Gasteiger partial charge on any atom is -0.437 e. The number of hydrogen-bond donors (Lipinski definition) is 4. The zero-order valence-corrected chi connectivity index (χ0v) is 45.7. The third kappa shape index (κ3) is 11.6. The molecule has 0 radical (unpaired) electrons. The number of aromatic nitrogens is 4. The van der Waals surface area contributed by atoms with Crippen molar-refractivity contribution in [3.05, 3.63) is 152 Å². The highest BCUT2D eigenvalue weighted by atomic mass is 32.1. The molecule has 4 N–H and O–H groups in total. The van der Waals surface area contributed by atoms with Crippen LogP contribution in [0.5, 0.6) is 0 Å². The summed E-state index contributed by atoms with van der Waals surface area (Å²) in [5, 5.41) is 16.0. The van der Waals surface area contributed by atoms with Crippen LogP contribution in [0, 0.1) is 23.3 Å². The van der Waals surface area contributed by atoms with Crippen molar-refractivity contribution < 1.29 is 55.8 Å². The largest absolute Gasteiger partial charge is 0.437 e. The lowest BCUT2D eigenvalue weighted by Gasteiger charge is -2.43. The van der Waals surface area contributed by atoms with Gasteiger partial charge < -0.3 is 39.7 Å². The molecule has 0 saturated carbocycles. The zero-order valence-electron chi connectivity index (χ0n) is 44.0. The number of thiazole rings is 2. The van der Waals surface area contributed by atoms with E-state index in [1.54, 1.807) is 79.4 Å². The van der Waals surface area contributed by atoms with E-state index < -0.39 is 82.6 Å². The summed E-state index contributed by atoms with van der Waals surface area (Å²) in [6, 6.07) is 12.9. The number of piperidine rings is 2. The van der Waals surface area contributed by atoms with Crippen LogP contribution < -0.4 is 21.3 Å². The van der Waals surface area contributed by atoms with Gasteiger partial charge in [-0.05, 0) is 73.2 Å². The summed E-state index contributed by atoms with van der Waals surface area (Å²) >= 11 is 2.78. The summed E-state index contributed by atoms with van der Waals surface area (Å²) in [4.78, 5) is 102. The van der Waals surface area contributed by atoms with Gasteiger partial charge in [0, 0.05) is 123 Å². The van der Waals surface area contributed by atoms with Gasteiger partial charge in [0.05, 0.1) is 13.1 Å². The Bertz CT molecular complexity index is 3150. The number of carbonyl (C=O) groups is 6. The van der Waals surface area contributed by atoms with E-state index >= 15 is 0 Å². The predicted octanol–water partition coefficient (Wildman–Crippen LogP) is 8.71. The van der Waals surface area contributed by atoms with E-state index in [1.807, 2.05) is 12.1 Å².